The van der Waals surface area contributed by atoms with Gasteiger partial charge in [-0.3, -0.25) is 0 Å². The molecule has 0 radical (unpaired) electrons. The van der Waals surface area contributed by atoms with Crippen LogP contribution in [0, 0.1) is 0 Å². The predicted octanol–water partition coefficient (Wildman–Crippen LogP) is 0.672. The summed E-state index contributed by atoms with van der Waals surface area (Å²) in [4.78, 5) is 9.61. The van der Waals surface area contributed by atoms with Crippen LogP contribution in [0.4, 0.5) is 0 Å². The minimum Gasteiger partial charge on any atom is -0.810 e. The van der Waals surface area contributed by atoms with Crippen LogP contribution in [-0.2, 0) is 4.52 Å². The van der Waals surface area contributed by atoms with Crippen LogP contribution in [-0.4, -0.2) is 6.61 Å². The maximum Gasteiger partial charge on any atom is 0.0489 e. The quantitative estimate of drug-likeness (QED) is 0.404. The number of unbranched alkanes of at least 4 members (excludes halogenated alkanes) is 1. The zero-order valence-corrected chi connectivity index (χ0v) is 5.44. The molecule has 0 saturated heterocycles. The van der Waals surface area contributed by atoms with Crippen molar-refractivity contribution in [3.8, 4) is 0 Å². The Labute approximate surface area is 45.8 Å². The van der Waals surface area contributed by atoms with E-state index >= 15 is 0 Å². The van der Waals surface area contributed by atoms with Gasteiger partial charge in [-0.1, -0.05) is 22.4 Å². The molecule has 0 bridgehead atoms. The molecule has 0 rings (SSSR count). The van der Waals surface area contributed by atoms with Crippen LogP contribution in [0.5, 0.6) is 0 Å². The first-order chi connectivity index (χ1) is 3.41. The molecule has 0 aliphatic rings. The van der Waals surface area contributed by atoms with Gasteiger partial charge in [-0.25, -0.2) is 0 Å². The highest BCUT2D eigenvalue weighted by molar-refractivity contribution is 7.23. The smallest absolute Gasteiger partial charge is 0.0489 e. The molecule has 0 aromatic rings. The van der Waals surface area contributed by atoms with Gasteiger partial charge in [-0.2, -0.15) is 0 Å². The fourth-order valence-corrected chi connectivity index (χ4v) is 0.486. The largest absolute Gasteiger partial charge is 0.810 e. The Morgan fingerprint density at radius 3 is 2.86 bits per heavy atom. The van der Waals surface area contributed by atoms with Crippen molar-refractivity contribution >= 4 is 9.03 Å². The molecule has 0 amide bonds. The van der Waals surface area contributed by atoms with E-state index in [9.17, 15) is 4.89 Å². The first-order valence-electron chi connectivity index (χ1n) is 2.40. The molecule has 0 heterocycles. The highest BCUT2D eigenvalue weighted by atomic mass is 31.1. The van der Waals surface area contributed by atoms with Crippen LogP contribution >= 0.6 is 9.03 Å². The van der Waals surface area contributed by atoms with Crippen LogP contribution in [0.3, 0.4) is 0 Å². The second-order valence-electron chi connectivity index (χ2n) is 1.29. The van der Waals surface area contributed by atoms with Crippen LogP contribution in [0.15, 0.2) is 0 Å². The second-order valence-corrected chi connectivity index (χ2v) is 1.74. The van der Waals surface area contributed by atoms with E-state index in [1.54, 1.807) is 0 Å². The molecular weight excluding hydrogens is 111 g/mol. The van der Waals surface area contributed by atoms with Gasteiger partial charge in [0.05, 0.1) is 0 Å². The lowest BCUT2D eigenvalue weighted by atomic mass is 10.4. The molecule has 0 spiro atoms. The molecule has 0 aromatic carbocycles. The van der Waals surface area contributed by atoms with Crippen molar-refractivity contribution in [2.75, 3.05) is 6.61 Å². The highest BCUT2D eigenvalue weighted by Crippen LogP contribution is 1.98. The van der Waals surface area contributed by atoms with Gasteiger partial charge in [0.2, 0.25) is 0 Å². The summed E-state index contributed by atoms with van der Waals surface area (Å²) in [7, 11) is -0.582. The van der Waals surface area contributed by atoms with Gasteiger partial charge in [0.25, 0.3) is 0 Å². The Morgan fingerprint density at radius 2 is 2.43 bits per heavy atom. The first kappa shape index (κ1) is 7.35. The fraction of sp³-hybridized carbons (Fsp3) is 1.00. The summed E-state index contributed by atoms with van der Waals surface area (Å²) in [6.45, 7) is 2.70. The monoisotopic (exact) mass is 121 g/mol. The summed E-state index contributed by atoms with van der Waals surface area (Å²) in [5.74, 6) is 0. The van der Waals surface area contributed by atoms with Crippen molar-refractivity contribution < 1.29 is 9.42 Å². The third kappa shape index (κ3) is 6.35. The molecule has 0 aliphatic heterocycles. The lowest BCUT2D eigenvalue weighted by Crippen LogP contribution is -1.88. The minimum absolute atomic E-state index is 0.582. The zero-order chi connectivity index (χ0) is 5.54. The molecule has 44 valence electrons. The van der Waals surface area contributed by atoms with E-state index in [1.165, 1.54) is 0 Å². The molecular formula is C4H10O2P-. The molecule has 1 atom stereocenters. The van der Waals surface area contributed by atoms with Crippen LogP contribution in [0.25, 0.3) is 0 Å². The topological polar surface area (TPSA) is 32.3 Å². The number of hydrogen-bond donors (Lipinski definition) is 0. The average Bonchev–Trinajstić information content (AvgIpc) is 1.69. The summed E-state index contributed by atoms with van der Waals surface area (Å²) < 4.78 is 4.55. The van der Waals surface area contributed by atoms with Crippen LogP contribution in [0.1, 0.15) is 19.8 Å². The standard InChI is InChI=1S/C4H10O2P/c1-2-3-4-6-7-5/h7H,2-4H2,1H3/q-1. The molecule has 0 aromatic heterocycles. The second kappa shape index (κ2) is 6.35. The molecule has 1 unspecified atom stereocenters. The predicted molar refractivity (Wildman–Crippen MR) is 29.2 cm³/mol. The first-order valence-corrected chi connectivity index (χ1v) is 3.22. The summed E-state index contributed by atoms with van der Waals surface area (Å²) in [6.07, 6.45) is 2.11. The molecule has 7 heavy (non-hydrogen) atoms. The highest BCUT2D eigenvalue weighted by Gasteiger charge is 1.76. The number of rotatable bonds is 4. The maximum atomic E-state index is 9.61. The lowest BCUT2D eigenvalue weighted by molar-refractivity contribution is -0.169. The average molecular weight is 121 g/mol. The zero-order valence-electron chi connectivity index (χ0n) is 4.44. The van der Waals surface area contributed by atoms with Crippen LogP contribution in [0.2, 0.25) is 0 Å². The van der Waals surface area contributed by atoms with Gasteiger partial charge < -0.3 is 9.42 Å². The third-order valence-corrected chi connectivity index (χ3v) is 0.981. The van der Waals surface area contributed by atoms with E-state index < -0.39 is 9.03 Å². The third-order valence-electron chi connectivity index (χ3n) is 0.659. The van der Waals surface area contributed by atoms with Gasteiger partial charge in [0, 0.05) is 6.61 Å². The molecule has 0 aliphatic carbocycles. The Morgan fingerprint density at radius 1 is 1.71 bits per heavy atom. The Hall–Kier alpha value is 0.350. The minimum atomic E-state index is -0.582. The molecule has 0 saturated carbocycles. The molecule has 0 N–H and O–H groups in total. The normalized spacial score (nSPS) is 11.1. The molecule has 0 fully saturated rings. The molecule has 3 heteroatoms. The Bertz CT molecular complexity index is 28.9. The van der Waals surface area contributed by atoms with Crippen molar-refractivity contribution in [1.29, 1.82) is 0 Å². The lowest BCUT2D eigenvalue weighted by Gasteiger charge is -2.03. The van der Waals surface area contributed by atoms with Gasteiger partial charge in [-0.05, 0) is 6.42 Å². The van der Waals surface area contributed by atoms with Gasteiger partial charge in [0.1, 0.15) is 0 Å². The van der Waals surface area contributed by atoms with Gasteiger partial charge in [-0.15, -0.1) is 0 Å². The van der Waals surface area contributed by atoms with E-state index in [0.29, 0.717) is 6.61 Å². The maximum absolute atomic E-state index is 9.61. The van der Waals surface area contributed by atoms with E-state index in [0.717, 1.165) is 12.8 Å². The summed E-state index contributed by atoms with van der Waals surface area (Å²) >= 11 is 0. The van der Waals surface area contributed by atoms with Crippen LogP contribution < -0.4 is 4.89 Å². The van der Waals surface area contributed by atoms with Gasteiger partial charge >= 0.3 is 0 Å². The van der Waals surface area contributed by atoms with E-state index in [-0.39, 0.29) is 0 Å². The van der Waals surface area contributed by atoms with E-state index in [1.807, 2.05) is 0 Å². The van der Waals surface area contributed by atoms with Crippen molar-refractivity contribution in [3.05, 3.63) is 0 Å². The van der Waals surface area contributed by atoms with E-state index in [2.05, 4.69) is 11.4 Å². The Balaban J connectivity index is 2.45. The van der Waals surface area contributed by atoms with E-state index in [4.69, 9.17) is 0 Å². The van der Waals surface area contributed by atoms with Crippen molar-refractivity contribution in [1.82, 2.24) is 0 Å². The molecule has 2 nitrogen and oxygen atoms in total. The summed E-state index contributed by atoms with van der Waals surface area (Å²) in [5.41, 5.74) is 0. The summed E-state index contributed by atoms with van der Waals surface area (Å²) in [6, 6.07) is 0. The summed E-state index contributed by atoms with van der Waals surface area (Å²) in [5, 5.41) is 0. The Kier molecular flexibility index (Phi) is 6.67. The van der Waals surface area contributed by atoms with Crippen molar-refractivity contribution in [2.24, 2.45) is 0 Å². The van der Waals surface area contributed by atoms with Crippen molar-refractivity contribution in [2.45, 2.75) is 19.8 Å². The van der Waals surface area contributed by atoms with Gasteiger partial charge in [0.15, 0.2) is 0 Å². The van der Waals surface area contributed by atoms with Crippen molar-refractivity contribution in [3.63, 3.8) is 0 Å². The fourth-order valence-electron chi connectivity index (χ4n) is 0.258. The SMILES string of the molecule is CCCCOP[O-]. The number of hydrogen-bond acceptors (Lipinski definition) is 2.